The largest absolute Gasteiger partial charge is 0.382 e. The van der Waals surface area contributed by atoms with Crippen LogP contribution in [-0.2, 0) is 0 Å². The lowest BCUT2D eigenvalue weighted by molar-refractivity contribution is 0.754. The fourth-order valence-electron chi connectivity index (χ4n) is 2.98. The molecule has 0 amide bonds. The third kappa shape index (κ3) is 3.06. The first kappa shape index (κ1) is 15.1. The van der Waals surface area contributed by atoms with Crippen LogP contribution in [0.3, 0.4) is 0 Å². The topological polar surface area (TPSA) is 116 Å². The number of allylic oxidation sites excluding steroid dienone is 4. The Labute approximate surface area is 133 Å². The maximum absolute atomic E-state index is 12.3. The van der Waals surface area contributed by atoms with Gasteiger partial charge in [0.25, 0.3) is 5.56 Å². The van der Waals surface area contributed by atoms with E-state index in [4.69, 9.17) is 16.2 Å². The number of hydrogen-bond acceptors (Lipinski definition) is 5. The van der Waals surface area contributed by atoms with Crippen LogP contribution in [0.5, 0.6) is 0 Å². The zero-order valence-corrected chi connectivity index (χ0v) is 12.7. The van der Waals surface area contributed by atoms with E-state index in [1.165, 1.54) is 25.0 Å². The molecule has 1 fully saturated rings. The summed E-state index contributed by atoms with van der Waals surface area (Å²) < 4.78 is 0. The Balaban J connectivity index is 1.95. The second-order valence-corrected chi connectivity index (χ2v) is 5.86. The highest BCUT2D eigenvalue weighted by Crippen LogP contribution is 2.24. The van der Waals surface area contributed by atoms with Crippen molar-refractivity contribution in [1.82, 2.24) is 4.98 Å². The average molecular weight is 309 g/mol. The lowest BCUT2D eigenvalue weighted by Gasteiger charge is -2.18. The van der Waals surface area contributed by atoms with Crippen molar-refractivity contribution in [2.45, 2.75) is 31.7 Å². The zero-order chi connectivity index (χ0) is 16.4. The Morgan fingerprint density at radius 1 is 1.17 bits per heavy atom. The minimum absolute atomic E-state index is 0.0462. The number of aromatic nitrogens is 1. The van der Waals surface area contributed by atoms with Crippen LogP contribution in [0.1, 0.15) is 31.2 Å². The first-order valence-electron chi connectivity index (χ1n) is 7.71. The summed E-state index contributed by atoms with van der Waals surface area (Å²) in [4.78, 5) is 14.9. The monoisotopic (exact) mass is 309 g/mol. The Morgan fingerprint density at radius 3 is 2.61 bits per heavy atom. The fraction of sp³-hybridized carbons (Fsp3) is 0.294. The summed E-state index contributed by atoms with van der Waals surface area (Å²) >= 11 is 0. The smallest absolute Gasteiger partial charge is 0.259 e. The van der Waals surface area contributed by atoms with Crippen molar-refractivity contribution in [3.8, 4) is 0 Å². The van der Waals surface area contributed by atoms with Crippen LogP contribution in [0.2, 0.25) is 0 Å². The van der Waals surface area contributed by atoms with Crippen LogP contribution >= 0.6 is 0 Å². The molecule has 0 aliphatic heterocycles. The zero-order valence-electron chi connectivity index (χ0n) is 12.7. The molecule has 3 rings (SSSR count). The van der Waals surface area contributed by atoms with Crippen LogP contribution in [-0.4, -0.2) is 28.2 Å². The van der Waals surface area contributed by atoms with Gasteiger partial charge in [0.2, 0.25) is 0 Å². The highest BCUT2D eigenvalue weighted by Gasteiger charge is 2.21. The number of rotatable bonds is 4. The molecule has 0 unspecified atom stereocenters. The Morgan fingerprint density at radius 2 is 1.91 bits per heavy atom. The molecule has 0 saturated heterocycles. The number of H-pyrrole nitrogens is 1. The third-order valence-corrected chi connectivity index (χ3v) is 4.23. The van der Waals surface area contributed by atoms with Crippen LogP contribution in [0, 0.1) is 16.2 Å². The van der Waals surface area contributed by atoms with Gasteiger partial charge in [-0.1, -0.05) is 18.9 Å². The molecule has 2 aliphatic rings. The number of pyridine rings is 1. The van der Waals surface area contributed by atoms with Gasteiger partial charge in [0.15, 0.2) is 0 Å². The van der Waals surface area contributed by atoms with Gasteiger partial charge in [-0.3, -0.25) is 21.0 Å². The van der Waals surface area contributed by atoms with E-state index in [1.54, 1.807) is 18.3 Å². The first-order valence-corrected chi connectivity index (χ1v) is 7.71. The van der Waals surface area contributed by atoms with Gasteiger partial charge in [0.1, 0.15) is 0 Å². The van der Waals surface area contributed by atoms with Gasteiger partial charge >= 0.3 is 0 Å². The summed E-state index contributed by atoms with van der Waals surface area (Å²) in [6.45, 7) is 0. The third-order valence-electron chi connectivity index (χ3n) is 4.23. The predicted molar refractivity (Wildman–Crippen MR) is 92.4 cm³/mol. The lowest BCUT2D eigenvalue weighted by Crippen LogP contribution is -2.25. The summed E-state index contributed by atoms with van der Waals surface area (Å²) in [7, 11) is 0. The van der Waals surface area contributed by atoms with Crippen LogP contribution < -0.4 is 10.9 Å². The van der Waals surface area contributed by atoms with Crippen molar-refractivity contribution in [3.63, 3.8) is 0 Å². The van der Waals surface area contributed by atoms with Crippen LogP contribution in [0.15, 0.2) is 40.9 Å². The van der Waals surface area contributed by atoms with Gasteiger partial charge in [-0.15, -0.1) is 0 Å². The molecule has 0 aromatic carbocycles. The molecule has 0 spiro atoms. The van der Waals surface area contributed by atoms with E-state index < -0.39 is 0 Å². The Hall–Kier alpha value is -2.76. The van der Waals surface area contributed by atoms with Crippen molar-refractivity contribution in [3.05, 3.63) is 52.0 Å². The Bertz CT molecular complexity index is 793. The summed E-state index contributed by atoms with van der Waals surface area (Å²) in [6, 6.07) is 2.12. The molecule has 2 aliphatic carbocycles. The van der Waals surface area contributed by atoms with E-state index in [-0.39, 0.29) is 28.3 Å². The van der Waals surface area contributed by atoms with Gasteiger partial charge in [0.05, 0.1) is 28.4 Å². The molecule has 0 radical (unpaired) electrons. The van der Waals surface area contributed by atoms with Gasteiger partial charge < -0.3 is 10.3 Å². The minimum Gasteiger partial charge on any atom is -0.382 e. The normalized spacial score (nSPS) is 18.2. The van der Waals surface area contributed by atoms with Crippen molar-refractivity contribution >= 4 is 22.8 Å². The van der Waals surface area contributed by atoms with Crippen molar-refractivity contribution < 1.29 is 0 Å². The van der Waals surface area contributed by atoms with E-state index in [0.29, 0.717) is 17.3 Å². The first-order chi connectivity index (χ1) is 11.1. The molecule has 1 aromatic heterocycles. The molecule has 5 N–H and O–H groups in total. The quantitative estimate of drug-likeness (QED) is 0.434. The maximum Gasteiger partial charge on any atom is 0.259 e. The minimum atomic E-state index is -0.320. The Kier molecular flexibility index (Phi) is 4.06. The summed E-state index contributed by atoms with van der Waals surface area (Å²) in [5, 5.41) is 27.0. The molecule has 0 bridgehead atoms. The molecular formula is C17H19N5O. The van der Waals surface area contributed by atoms with Gasteiger partial charge in [-0.2, -0.15) is 0 Å². The van der Waals surface area contributed by atoms with Crippen molar-refractivity contribution in [2.75, 3.05) is 5.32 Å². The van der Waals surface area contributed by atoms with Gasteiger partial charge in [0, 0.05) is 17.8 Å². The van der Waals surface area contributed by atoms with E-state index >= 15 is 0 Å². The summed E-state index contributed by atoms with van der Waals surface area (Å²) in [6.07, 6.45) is 10.6. The number of anilines is 1. The fourth-order valence-corrected chi connectivity index (χ4v) is 2.98. The highest BCUT2D eigenvalue weighted by molar-refractivity contribution is 6.50. The maximum atomic E-state index is 12.3. The summed E-state index contributed by atoms with van der Waals surface area (Å²) in [5.41, 5.74) is 1.32. The highest BCUT2D eigenvalue weighted by atomic mass is 16.1. The lowest BCUT2D eigenvalue weighted by atomic mass is 9.95. The molecule has 1 aromatic rings. The molecule has 6 heteroatoms. The number of aromatic amines is 1. The average Bonchev–Trinajstić information content (AvgIpc) is 3.03. The molecule has 0 atom stereocenters. The molecule has 23 heavy (non-hydrogen) atoms. The predicted octanol–water partition coefficient (Wildman–Crippen LogP) is 2.63. The van der Waals surface area contributed by atoms with E-state index in [9.17, 15) is 4.79 Å². The molecular weight excluding hydrogens is 290 g/mol. The van der Waals surface area contributed by atoms with Gasteiger partial charge in [-0.05, 0) is 31.1 Å². The standard InChI is InChI=1S/C17H19N5O/c18-12-6-5-10(9-13(12)19)16(20)15-14(7-8-21-17(15)23)22-11-3-1-2-4-11/h5-9,11,18-20H,1-4H2,(H2,21,22,23). The second kappa shape index (κ2) is 6.16. The van der Waals surface area contributed by atoms with E-state index in [2.05, 4.69) is 10.3 Å². The summed E-state index contributed by atoms with van der Waals surface area (Å²) in [5.74, 6) is 0. The van der Waals surface area contributed by atoms with Crippen molar-refractivity contribution in [2.24, 2.45) is 0 Å². The second-order valence-electron chi connectivity index (χ2n) is 5.86. The van der Waals surface area contributed by atoms with E-state index in [1.807, 2.05) is 0 Å². The van der Waals surface area contributed by atoms with E-state index in [0.717, 1.165) is 12.8 Å². The number of hydrogen-bond donors (Lipinski definition) is 5. The SMILES string of the molecule is N=C1C=CC(C(=N)c2c(NC3CCCC3)cc[nH]c2=O)=CC1=N. The van der Waals surface area contributed by atoms with Gasteiger partial charge in [-0.25, -0.2) is 0 Å². The molecule has 118 valence electrons. The van der Waals surface area contributed by atoms with Crippen molar-refractivity contribution in [1.29, 1.82) is 16.2 Å². The van der Waals surface area contributed by atoms with Crippen LogP contribution in [0.25, 0.3) is 0 Å². The molecule has 1 heterocycles. The number of nitrogens with one attached hydrogen (secondary N) is 5. The molecule has 6 nitrogen and oxygen atoms in total. The molecule has 1 saturated carbocycles. The van der Waals surface area contributed by atoms with Crippen LogP contribution in [0.4, 0.5) is 5.69 Å².